The molecule has 0 spiro atoms. The quantitative estimate of drug-likeness (QED) is 0.784. The Balaban J connectivity index is 2.25. The predicted octanol–water partition coefficient (Wildman–Crippen LogP) is 2.26. The third-order valence-electron chi connectivity index (χ3n) is 2.72. The first-order valence-electron chi connectivity index (χ1n) is 4.53. The van der Waals surface area contributed by atoms with Gasteiger partial charge in [0.1, 0.15) is 5.67 Å². The van der Waals surface area contributed by atoms with E-state index in [1.807, 2.05) is 6.92 Å². The van der Waals surface area contributed by atoms with Gasteiger partial charge in [-0.05, 0) is 12.5 Å². The molecule has 2 unspecified atom stereocenters. The number of aryl methyl sites for hydroxylation is 1. The highest BCUT2D eigenvalue weighted by Crippen LogP contribution is 2.55. The van der Waals surface area contributed by atoms with Crippen LogP contribution in [0.3, 0.4) is 0 Å². The van der Waals surface area contributed by atoms with Gasteiger partial charge in [-0.3, -0.25) is 4.79 Å². The van der Waals surface area contributed by atoms with Gasteiger partial charge in [0, 0.05) is 6.42 Å². The van der Waals surface area contributed by atoms with Crippen molar-refractivity contribution in [3.8, 4) is 0 Å². The van der Waals surface area contributed by atoms with Gasteiger partial charge in [0.15, 0.2) is 0 Å². The molecule has 1 aliphatic carbocycles. The molecule has 0 bridgehead atoms. The largest absolute Gasteiger partial charge is 0.481 e. The summed E-state index contributed by atoms with van der Waals surface area (Å²) in [6, 6.07) is 6.93. The van der Waals surface area contributed by atoms with Crippen molar-refractivity contribution in [2.24, 2.45) is 5.92 Å². The summed E-state index contributed by atoms with van der Waals surface area (Å²) >= 11 is 0. The van der Waals surface area contributed by atoms with Crippen LogP contribution in [0.4, 0.5) is 4.39 Å². The SMILES string of the molecule is Cc1ccc(C2(F)CC2C(=O)O)cc1. The van der Waals surface area contributed by atoms with Crippen molar-refractivity contribution < 1.29 is 14.3 Å². The number of carboxylic acids is 1. The number of halogens is 1. The summed E-state index contributed by atoms with van der Waals surface area (Å²) in [5, 5.41) is 8.66. The average molecular weight is 194 g/mol. The number of rotatable bonds is 2. The maximum atomic E-state index is 13.9. The zero-order valence-corrected chi connectivity index (χ0v) is 7.83. The number of benzene rings is 1. The summed E-state index contributed by atoms with van der Waals surface area (Å²) in [7, 11) is 0. The molecule has 14 heavy (non-hydrogen) atoms. The third kappa shape index (κ3) is 1.29. The van der Waals surface area contributed by atoms with Crippen LogP contribution in [0.2, 0.25) is 0 Å². The van der Waals surface area contributed by atoms with E-state index in [-0.39, 0.29) is 6.42 Å². The van der Waals surface area contributed by atoms with E-state index in [2.05, 4.69) is 0 Å². The standard InChI is InChI=1S/C11H11FO2/c1-7-2-4-8(5-3-7)11(12)6-9(11)10(13)14/h2-5,9H,6H2,1H3,(H,13,14). The van der Waals surface area contributed by atoms with E-state index < -0.39 is 17.6 Å². The minimum Gasteiger partial charge on any atom is -0.481 e. The van der Waals surface area contributed by atoms with E-state index in [1.54, 1.807) is 24.3 Å². The molecule has 0 aliphatic heterocycles. The van der Waals surface area contributed by atoms with Crippen molar-refractivity contribution in [3.63, 3.8) is 0 Å². The molecular weight excluding hydrogens is 183 g/mol. The molecule has 74 valence electrons. The second kappa shape index (κ2) is 2.80. The van der Waals surface area contributed by atoms with Crippen LogP contribution >= 0.6 is 0 Å². The van der Waals surface area contributed by atoms with Crippen LogP contribution < -0.4 is 0 Å². The molecule has 2 atom stereocenters. The molecule has 1 N–H and O–H groups in total. The van der Waals surface area contributed by atoms with Gasteiger partial charge in [-0.1, -0.05) is 29.8 Å². The van der Waals surface area contributed by atoms with Crippen molar-refractivity contribution >= 4 is 5.97 Å². The summed E-state index contributed by atoms with van der Waals surface area (Å²) in [6.45, 7) is 1.91. The summed E-state index contributed by atoms with van der Waals surface area (Å²) in [5.74, 6) is -1.90. The van der Waals surface area contributed by atoms with Gasteiger partial charge >= 0.3 is 5.97 Å². The maximum absolute atomic E-state index is 13.9. The van der Waals surface area contributed by atoms with Crippen LogP contribution in [0.15, 0.2) is 24.3 Å². The van der Waals surface area contributed by atoms with E-state index >= 15 is 0 Å². The van der Waals surface area contributed by atoms with Gasteiger partial charge in [0.25, 0.3) is 0 Å². The van der Waals surface area contributed by atoms with Crippen LogP contribution in [0.5, 0.6) is 0 Å². The first-order chi connectivity index (χ1) is 6.54. The minimum absolute atomic E-state index is 0.103. The lowest BCUT2D eigenvalue weighted by Crippen LogP contribution is -2.09. The van der Waals surface area contributed by atoms with E-state index in [0.29, 0.717) is 5.56 Å². The van der Waals surface area contributed by atoms with Crippen LogP contribution in [-0.2, 0) is 10.5 Å². The van der Waals surface area contributed by atoms with E-state index in [9.17, 15) is 9.18 Å². The van der Waals surface area contributed by atoms with Crippen molar-refractivity contribution in [3.05, 3.63) is 35.4 Å². The molecule has 2 rings (SSSR count). The van der Waals surface area contributed by atoms with Gasteiger partial charge in [-0.25, -0.2) is 4.39 Å². The number of carboxylic acid groups (broad SMARTS) is 1. The summed E-state index contributed by atoms with van der Waals surface area (Å²) in [4.78, 5) is 10.6. The first kappa shape index (κ1) is 9.19. The topological polar surface area (TPSA) is 37.3 Å². The van der Waals surface area contributed by atoms with Gasteiger partial charge < -0.3 is 5.11 Å². The van der Waals surface area contributed by atoms with E-state index in [4.69, 9.17) is 5.11 Å². The summed E-state index contributed by atoms with van der Waals surface area (Å²) in [6.07, 6.45) is 0.103. The number of alkyl halides is 1. The fourth-order valence-electron chi connectivity index (χ4n) is 1.67. The molecule has 0 amide bonds. The number of hydrogen-bond acceptors (Lipinski definition) is 1. The monoisotopic (exact) mass is 194 g/mol. The molecule has 1 aromatic rings. The molecule has 1 aromatic carbocycles. The molecule has 0 radical (unpaired) electrons. The van der Waals surface area contributed by atoms with Crippen molar-refractivity contribution in [1.82, 2.24) is 0 Å². The Morgan fingerprint density at radius 2 is 2.07 bits per heavy atom. The predicted molar refractivity (Wildman–Crippen MR) is 49.7 cm³/mol. The summed E-state index contributed by atoms with van der Waals surface area (Å²) in [5.41, 5.74) is -0.0973. The molecule has 1 aliphatic rings. The molecule has 3 heteroatoms. The number of carbonyl (C=O) groups is 1. The molecule has 0 heterocycles. The lowest BCUT2D eigenvalue weighted by molar-refractivity contribution is -0.139. The molecular formula is C11H11FO2. The summed E-state index contributed by atoms with van der Waals surface area (Å²) < 4.78 is 13.9. The number of aliphatic carboxylic acids is 1. The van der Waals surface area contributed by atoms with E-state index in [0.717, 1.165) is 5.56 Å². The van der Waals surface area contributed by atoms with Crippen molar-refractivity contribution in [2.75, 3.05) is 0 Å². The Bertz CT molecular complexity index is 371. The Morgan fingerprint density at radius 1 is 1.50 bits per heavy atom. The Hall–Kier alpha value is -1.38. The van der Waals surface area contributed by atoms with Crippen LogP contribution in [-0.4, -0.2) is 11.1 Å². The molecule has 2 nitrogen and oxygen atoms in total. The normalized spacial score (nSPS) is 30.0. The molecule has 1 saturated carbocycles. The number of hydrogen-bond donors (Lipinski definition) is 1. The highest BCUT2D eigenvalue weighted by atomic mass is 19.1. The lowest BCUT2D eigenvalue weighted by atomic mass is 10.1. The van der Waals surface area contributed by atoms with Gasteiger partial charge in [-0.2, -0.15) is 0 Å². The second-order valence-electron chi connectivity index (χ2n) is 3.82. The Labute approximate surface area is 81.4 Å². The smallest absolute Gasteiger partial charge is 0.310 e. The fraction of sp³-hybridized carbons (Fsp3) is 0.364. The lowest BCUT2D eigenvalue weighted by Gasteiger charge is -2.06. The van der Waals surface area contributed by atoms with Crippen molar-refractivity contribution in [2.45, 2.75) is 19.0 Å². The van der Waals surface area contributed by atoms with Crippen LogP contribution in [0.25, 0.3) is 0 Å². The Morgan fingerprint density at radius 3 is 2.50 bits per heavy atom. The van der Waals surface area contributed by atoms with Gasteiger partial charge in [-0.15, -0.1) is 0 Å². The van der Waals surface area contributed by atoms with Crippen LogP contribution in [0.1, 0.15) is 17.5 Å². The molecule has 1 fully saturated rings. The van der Waals surface area contributed by atoms with Crippen LogP contribution in [0, 0.1) is 12.8 Å². The molecule has 0 aromatic heterocycles. The third-order valence-corrected chi connectivity index (χ3v) is 2.72. The maximum Gasteiger partial charge on any atom is 0.310 e. The first-order valence-corrected chi connectivity index (χ1v) is 4.53. The van der Waals surface area contributed by atoms with E-state index in [1.165, 1.54) is 0 Å². The zero-order chi connectivity index (χ0) is 10.3. The zero-order valence-electron chi connectivity index (χ0n) is 7.83. The van der Waals surface area contributed by atoms with Gasteiger partial charge in [0.05, 0.1) is 5.92 Å². The second-order valence-corrected chi connectivity index (χ2v) is 3.82. The highest BCUT2D eigenvalue weighted by Gasteiger charge is 2.61. The fourth-order valence-corrected chi connectivity index (χ4v) is 1.67. The Kier molecular flexibility index (Phi) is 1.84. The highest BCUT2D eigenvalue weighted by molar-refractivity contribution is 5.76. The minimum atomic E-state index is -1.63. The van der Waals surface area contributed by atoms with Gasteiger partial charge in [0.2, 0.25) is 0 Å². The van der Waals surface area contributed by atoms with Crippen molar-refractivity contribution in [1.29, 1.82) is 0 Å². The average Bonchev–Trinajstić information content (AvgIpc) is 2.80. The molecule has 0 saturated heterocycles.